The van der Waals surface area contributed by atoms with Crippen LogP contribution in [0.3, 0.4) is 0 Å². The molecule has 1 saturated heterocycles. The van der Waals surface area contributed by atoms with Gasteiger partial charge in [0.15, 0.2) is 0 Å². The molecule has 0 bridgehead atoms. The molecule has 1 aliphatic heterocycles. The number of hydrogen-bond donors (Lipinski definition) is 1. The summed E-state index contributed by atoms with van der Waals surface area (Å²) in [7, 11) is 0. The second kappa shape index (κ2) is 8.40. The van der Waals surface area contributed by atoms with Gasteiger partial charge in [-0.25, -0.2) is 0 Å². The van der Waals surface area contributed by atoms with Crippen LogP contribution in [0, 0.1) is 0 Å². The van der Waals surface area contributed by atoms with Crippen molar-refractivity contribution in [3.8, 4) is 5.75 Å². The van der Waals surface area contributed by atoms with E-state index < -0.39 is 6.36 Å². The van der Waals surface area contributed by atoms with Crippen molar-refractivity contribution < 1.29 is 22.7 Å². The summed E-state index contributed by atoms with van der Waals surface area (Å²) in [6.45, 7) is 1.31. The summed E-state index contributed by atoms with van der Waals surface area (Å²) in [5.41, 5.74) is 6.63. The van der Waals surface area contributed by atoms with E-state index in [-0.39, 0.29) is 30.1 Å². The fourth-order valence-electron chi connectivity index (χ4n) is 2.50. The van der Waals surface area contributed by atoms with Crippen LogP contribution in [0.4, 0.5) is 13.2 Å². The summed E-state index contributed by atoms with van der Waals surface area (Å²) in [5.74, 6) is -0.227. The lowest BCUT2D eigenvalue weighted by Crippen LogP contribution is -2.45. The number of halogens is 4. The molecule has 1 atom stereocenters. The molecule has 23 heavy (non-hydrogen) atoms. The highest BCUT2D eigenvalue weighted by Gasteiger charge is 2.31. The van der Waals surface area contributed by atoms with Crippen molar-refractivity contribution in [2.45, 2.75) is 38.1 Å². The monoisotopic (exact) mass is 352 g/mol. The Labute approximate surface area is 139 Å². The van der Waals surface area contributed by atoms with Gasteiger partial charge in [-0.3, -0.25) is 4.79 Å². The van der Waals surface area contributed by atoms with E-state index in [9.17, 15) is 18.0 Å². The van der Waals surface area contributed by atoms with Gasteiger partial charge in [0.25, 0.3) is 0 Å². The molecule has 0 saturated carbocycles. The van der Waals surface area contributed by atoms with Gasteiger partial charge in [-0.15, -0.1) is 25.6 Å². The summed E-state index contributed by atoms with van der Waals surface area (Å²) in [6, 6.07) is 5.62. The van der Waals surface area contributed by atoms with Gasteiger partial charge in [0.05, 0.1) is 0 Å². The van der Waals surface area contributed by atoms with Crippen molar-refractivity contribution in [2.24, 2.45) is 5.73 Å². The molecule has 1 heterocycles. The molecule has 1 unspecified atom stereocenters. The van der Waals surface area contributed by atoms with E-state index >= 15 is 0 Å². The lowest BCUT2D eigenvalue weighted by atomic mass is 10.0. The number of alkyl halides is 3. The van der Waals surface area contributed by atoms with Crippen LogP contribution in [0.2, 0.25) is 0 Å². The molecule has 0 aliphatic carbocycles. The van der Waals surface area contributed by atoms with Gasteiger partial charge in [0.1, 0.15) is 5.75 Å². The van der Waals surface area contributed by atoms with E-state index in [1.54, 1.807) is 4.90 Å². The number of likely N-dealkylation sites (tertiary alicyclic amines) is 1. The Kier molecular flexibility index (Phi) is 7.15. The van der Waals surface area contributed by atoms with Gasteiger partial charge >= 0.3 is 6.36 Å². The predicted molar refractivity (Wildman–Crippen MR) is 82.5 cm³/mol. The molecule has 0 aromatic heterocycles. The fourth-order valence-corrected chi connectivity index (χ4v) is 2.50. The highest BCUT2D eigenvalue weighted by molar-refractivity contribution is 5.85. The summed E-state index contributed by atoms with van der Waals surface area (Å²) >= 11 is 0. The number of ether oxygens (including phenoxy) is 1. The van der Waals surface area contributed by atoms with E-state index in [1.807, 2.05) is 0 Å². The first-order valence-corrected chi connectivity index (χ1v) is 7.21. The SMILES string of the molecule is Cl.NC1CCCN(C(=O)CCc2ccc(OC(F)(F)F)cc2)C1. The van der Waals surface area contributed by atoms with E-state index in [1.165, 1.54) is 24.3 Å². The maximum Gasteiger partial charge on any atom is 0.573 e. The molecule has 2 rings (SSSR count). The van der Waals surface area contributed by atoms with Crippen molar-refractivity contribution in [1.29, 1.82) is 0 Å². The topological polar surface area (TPSA) is 55.6 Å². The highest BCUT2D eigenvalue weighted by atomic mass is 35.5. The molecule has 1 amide bonds. The van der Waals surface area contributed by atoms with Crippen LogP contribution in [0.15, 0.2) is 24.3 Å². The second-order valence-corrected chi connectivity index (χ2v) is 5.43. The lowest BCUT2D eigenvalue weighted by molar-refractivity contribution is -0.274. The smallest absolute Gasteiger partial charge is 0.406 e. The largest absolute Gasteiger partial charge is 0.573 e. The molecular formula is C15H20ClF3N2O2. The summed E-state index contributed by atoms with van der Waals surface area (Å²) in [6.07, 6.45) is -2.03. The van der Waals surface area contributed by atoms with Crippen molar-refractivity contribution in [3.63, 3.8) is 0 Å². The maximum absolute atomic E-state index is 12.1. The minimum absolute atomic E-state index is 0. The van der Waals surface area contributed by atoms with Crippen LogP contribution >= 0.6 is 12.4 Å². The van der Waals surface area contributed by atoms with Gasteiger partial charge < -0.3 is 15.4 Å². The second-order valence-electron chi connectivity index (χ2n) is 5.43. The molecule has 130 valence electrons. The number of benzene rings is 1. The molecule has 1 aromatic carbocycles. The van der Waals surface area contributed by atoms with Crippen LogP contribution in [0.25, 0.3) is 0 Å². The summed E-state index contributed by atoms with van der Waals surface area (Å²) < 4.78 is 40.0. The lowest BCUT2D eigenvalue weighted by Gasteiger charge is -2.30. The molecule has 0 spiro atoms. The molecule has 1 fully saturated rings. The number of hydrogen-bond acceptors (Lipinski definition) is 3. The van der Waals surface area contributed by atoms with Gasteiger partial charge in [0.2, 0.25) is 5.91 Å². The Bertz CT molecular complexity index is 508. The standard InChI is InChI=1S/C15H19F3N2O2.ClH/c16-15(17,18)22-13-6-3-11(4-7-13)5-8-14(21)20-9-1-2-12(19)10-20;/h3-4,6-7,12H,1-2,5,8-10,19H2;1H. The minimum Gasteiger partial charge on any atom is -0.406 e. The van der Waals surface area contributed by atoms with E-state index in [4.69, 9.17) is 5.73 Å². The molecule has 4 nitrogen and oxygen atoms in total. The van der Waals surface area contributed by atoms with Crippen molar-refractivity contribution >= 4 is 18.3 Å². The van der Waals surface area contributed by atoms with Crippen LogP contribution < -0.4 is 10.5 Å². The average molecular weight is 353 g/mol. The van der Waals surface area contributed by atoms with Gasteiger partial charge in [-0.2, -0.15) is 0 Å². The number of rotatable bonds is 4. The number of piperidine rings is 1. The van der Waals surface area contributed by atoms with Crippen LogP contribution in [0.5, 0.6) is 5.75 Å². The Morgan fingerprint density at radius 2 is 1.96 bits per heavy atom. The zero-order valence-corrected chi connectivity index (χ0v) is 13.3. The quantitative estimate of drug-likeness (QED) is 0.906. The molecule has 8 heteroatoms. The number of amides is 1. The van der Waals surface area contributed by atoms with Gasteiger partial charge in [-0.1, -0.05) is 12.1 Å². The van der Waals surface area contributed by atoms with Crippen molar-refractivity contribution in [1.82, 2.24) is 4.90 Å². The molecule has 1 aromatic rings. The average Bonchev–Trinajstić information content (AvgIpc) is 2.44. The number of carbonyl (C=O) groups is 1. The number of aryl methyl sites for hydroxylation is 1. The van der Waals surface area contributed by atoms with Crippen molar-refractivity contribution in [2.75, 3.05) is 13.1 Å². The Hall–Kier alpha value is -1.47. The van der Waals surface area contributed by atoms with Crippen LogP contribution in [-0.2, 0) is 11.2 Å². The van der Waals surface area contributed by atoms with Crippen LogP contribution in [-0.4, -0.2) is 36.3 Å². The Morgan fingerprint density at radius 1 is 1.30 bits per heavy atom. The summed E-state index contributed by atoms with van der Waals surface area (Å²) in [4.78, 5) is 13.8. The first-order valence-electron chi connectivity index (χ1n) is 7.21. The molecule has 2 N–H and O–H groups in total. The van der Waals surface area contributed by atoms with Crippen molar-refractivity contribution in [3.05, 3.63) is 29.8 Å². The Balaban J connectivity index is 0.00000264. The van der Waals surface area contributed by atoms with Crippen LogP contribution in [0.1, 0.15) is 24.8 Å². The first kappa shape index (κ1) is 19.6. The predicted octanol–water partition coefficient (Wildman–Crippen LogP) is 2.89. The fraction of sp³-hybridized carbons (Fsp3) is 0.533. The zero-order valence-electron chi connectivity index (χ0n) is 12.5. The Morgan fingerprint density at radius 3 is 2.52 bits per heavy atom. The zero-order chi connectivity index (χ0) is 16.2. The van der Waals surface area contributed by atoms with Gasteiger partial charge in [-0.05, 0) is 37.0 Å². The van der Waals surface area contributed by atoms with E-state index in [0.717, 1.165) is 24.9 Å². The number of nitrogens with two attached hydrogens (primary N) is 1. The number of nitrogens with zero attached hydrogens (tertiary/aromatic N) is 1. The normalized spacial score (nSPS) is 18.3. The first-order chi connectivity index (χ1) is 10.3. The molecular weight excluding hydrogens is 333 g/mol. The number of carbonyl (C=O) groups excluding carboxylic acids is 1. The summed E-state index contributed by atoms with van der Waals surface area (Å²) in [5, 5.41) is 0. The third kappa shape index (κ3) is 6.66. The highest BCUT2D eigenvalue weighted by Crippen LogP contribution is 2.23. The van der Waals surface area contributed by atoms with E-state index in [2.05, 4.69) is 4.74 Å². The molecule has 0 radical (unpaired) electrons. The van der Waals surface area contributed by atoms with Gasteiger partial charge in [0, 0.05) is 25.6 Å². The third-order valence-electron chi connectivity index (χ3n) is 3.60. The van der Waals surface area contributed by atoms with E-state index in [0.29, 0.717) is 19.4 Å². The minimum atomic E-state index is -4.69. The molecule has 1 aliphatic rings. The third-order valence-corrected chi connectivity index (χ3v) is 3.60. The maximum atomic E-state index is 12.1.